The van der Waals surface area contributed by atoms with E-state index in [9.17, 15) is 5.11 Å². The second-order valence-corrected chi connectivity index (χ2v) is 5.38. The van der Waals surface area contributed by atoms with Gasteiger partial charge >= 0.3 is 0 Å². The first-order chi connectivity index (χ1) is 8.13. The van der Waals surface area contributed by atoms with E-state index < -0.39 is 0 Å². The number of hydrogen-bond donors (Lipinski definition) is 2. The van der Waals surface area contributed by atoms with Gasteiger partial charge in [-0.15, -0.1) is 0 Å². The van der Waals surface area contributed by atoms with E-state index >= 15 is 0 Å². The maximum atomic E-state index is 10.4. The predicted octanol–water partition coefficient (Wildman–Crippen LogP) is 3.29. The van der Waals surface area contributed by atoms with E-state index in [1.54, 1.807) is 0 Å². The number of benzene rings is 1. The lowest BCUT2D eigenvalue weighted by Gasteiger charge is -2.28. The highest BCUT2D eigenvalue weighted by molar-refractivity contribution is 9.10. The fourth-order valence-corrected chi connectivity index (χ4v) is 2.55. The number of hydrogen-bond acceptors (Lipinski definition) is 2. The maximum absolute atomic E-state index is 10.4. The third-order valence-corrected chi connectivity index (χ3v) is 4.02. The van der Waals surface area contributed by atoms with Gasteiger partial charge in [0.05, 0.1) is 6.10 Å². The van der Waals surface area contributed by atoms with E-state index in [4.69, 9.17) is 5.73 Å². The van der Waals surface area contributed by atoms with Crippen molar-refractivity contribution in [1.82, 2.24) is 0 Å². The van der Waals surface area contributed by atoms with Crippen LogP contribution < -0.4 is 5.73 Å². The molecular weight excluding hydrogens is 278 g/mol. The smallest absolute Gasteiger partial charge is 0.0648 e. The minimum absolute atomic E-state index is 0.0352. The molecule has 96 valence electrons. The summed E-state index contributed by atoms with van der Waals surface area (Å²) in [6.45, 7) is 4.72. The van der Waals surface area contributed by atoms with Gasteiger partial charge in [0, 0.05) is 16.9 Å². The molecule has 0 saturated carbocycles. The number of rotatable bonds is 6. The molecule has 3 heteroatoms. The molecule has 0 amide bonds. The molecule has 2 unspecified atom stereocenters. The number of aliphatic hydroxyl groups excluding tert-OH is 1. The molecule has 1 aromatic carbocycles. The van der Waals surface area contributed by atoms with E-state index in [0.29, 0.717) is 12.5 Å². The zero-order chi connectivity index (χ0) is 12.8. The molecule has 1 aromatic rings. The molecule has 1 rings (SSSR count). The van der Waals surface area contributed by atoms with Gasteiger partial charge < -0.3 is 10.8 Å². The monoisotopic (exact) mass is 299 g/mol. The molecule has 0 heterocycles. The molecular formula is C14H22BrNO. The average Bonchev–Trinajstić information content (AvgIpc) is 2.34. The summed E-state index contributed by atoms with van der Waals surface area (Å²) in [4.78, 5) is 0. The summed E-state index contributed by atoms with van der Waals surface area (Å²) < 4.78 is 1.05. The molecule has 0 fully saturated rings. The second kappa shape index (κ2) is 7.14. The van der Waals surface area contributed by atoms with Gasteiger partial charge in [-0.25, -0.2) is 0 Å². The maximum Gasteiger partial charge on any atom is 0.0648 e. The summed E-state index contributed by atoms with van der Waals surface area (Å²) in [5, 5.41) is 10.4. The fourth-order valence-electron chi connectivity index (χ4n) is 2.28. The van der Waals surface area contributed by atoms with Gasteiger partial charge in [0.2, 0.25) is 0 Å². The van der Waals surface area contributed by atoms with Gasteiger partial charge in [0.15, 0.2) is 0 Å². The molecule has 0 aliphatic rings. The second-order valence-electron chi connectivity index (χ2n) is 4.46. The van der Waals surface area contributed by atoms with Crippen LogP contribution in [0.2, 0.25) is 0 Å². The van der Waals surface area contributed by atoms with E-state index in [2.05, 4.69) is 29.8 Å². The molecule has 0 aliphatic heterocycles. The fraction of sp³-hybridized carbons (Fsp3) is 0.571. The highest BCUT2D eigenvalue weighted by Gasteiger charge is 2.25. The highest BCUT2D eigenvalue weighted by atomic mass is 79.9. The van der Waals surface area contributed by atoms with Crippen LogP contribution in [0.4, 0.5) is 0 Å². The first-order valence-corrected chi connectivity index (χ1v) is 7.06. The summed E-state index contributed by atoms with van der Waals surface area (Å²) in [6.07, 6.45) is 1.63. The van der Waals surface area contributed by atoms with Gasteiger partial charge in [0.1, 0.15) is 0 Å². The Bertz CT molecular complexity index is 321. The van der Waals surface area contributed by atoms with Gasteiger partial charge in [-0.2, -0.15) is 0 Å². The number of halogens is 1. The zero-order valence-electron chi connectivity index (χ0n) is 10.6. The molecule has 0 saturated heterocycles. The molecule has 0 bridgehead atoms. The zero-order valence-corrected chi connectivity index (χ0v) is 12.2. The Morgan fingerprint density at radius 2 is 1.71 bits per heavy atom. The molecule has 2 atom stereocenters. The Morgan fingerprint density at radius 1 is 1.18 bits per heavy atom. The molecule has 2 nitrogen and oxygen atoms in total. The Labute approximate surface area is 112 Å². The third-order valence-electron chi connectivity index (χ3n) is 3.50. The molecule has 17 heavy (non-hydrogen) atoms. The van der Waals surface area contributed by atoms with Crippen LogP contribution in [0.25, 0.3) is 0 Å². The summed E-state index contributed by atoms with van der Waals surface area (Å²) in [6, 6.07) is 8.07. The first-order valence-electron chi connectivity index (χ1n) is 6.27. The Hall–Kier alpha value is -0.380. The normalized spacial score (nSPS) is 14.9. The molecule has 3 N–H and O–H groups in total. The van der Waals surface area contributed by atoms with Crippen molar-refractivity contribution in [3.8, 4) is 0 Å². The lowest BCUT2D eigenvalue weighted by atomic mass is 9.83. The Balaban J connectivity index is 2.86. The Kier molecular flexibility index (Phi) is 6.17. The minimum Gasteiger partial charge on any atom is -0.392 e. The van der Waals surface area contributed by atoms with E-state index in [-0.39, 0.29) is 12.0 Å². The van der Waals surface area contributed by atoms with Crippen molar-refractivity contribution in [1.29, 1.82) is 0 Å². The largest absolute Gasteiger partial charge is 0.392 e. The van der Waals surface area contributed by atoms with E-state index in [1.807, 2.05) is 24.3 Å². The van der Waals surface area contributed by atoms with Crippen molar-refractivity contribution >= 4 is 15.9 Å². The van der Waals surface area contributed by atoms with Crippen LogP contribution >= 0.6 is 15.9 Å². The van der Waals surface area contributed by atoms with Crippen molar-refractivity contribution in [3.63, 3.8) is 0 Å². The summed E-state index contributed by atoms with van der Waals surface area (Å²) in [5.41, 5.74) is 6.94. The minimum atomic E-state index is -0.351. The van der Waals surface area contributed by atoms with Crippen LogP contribution in [0.1, 0.15) is 38.2 Å². The van der Waals surface area contributed by atoms with Gasteiger partial charge in [0.25, 0.3) is 0 Å². The molecule has 0 aromatic heterocycles. The van der Waals surface area contributed by atoms with Crippen LogP contribution in [0.5, 0.6) is 0 Å². The molecule has 0 radical (unpaired) electrons. The lowest BCUT2D eigenvalue weighted by molar-refractivity contribution is 0.0780. The van der Waals surface area contributed by atoms with Crippen LogP contribution in [0, 0.1) is 5.92 Å². The summed E-state index contributed by atoms with van der Waals surface area (Å²) in [7, 11) is 0. The van der Waals surface area contributed by atoms with Crippen LogP contribution in [-0.2, 0) is 0 Å². The predicted molar refractivity (Wildman–Crippen MR) is 76.0 cm³/mol. The van der Waals surface area contributed by atoms with Gasteiger partial charge in [-0.1, -0.05) is 54.8 Å². The SMILES string of the molecule is CCC(CC)C(O)C(CN)c1ccc(Br)cc1. The van der Waals surface area contributed by atoms with Crippen molar-refractivity contribution in [2.45, 2.75) is 38.7 Å². The van der Waals surface area contributed by atoms with Crippen LogP contribution in [0.15, 0.2) is 28.7 Å². The highest BCUT2D eigenvalue weighted by Crippen LogP contribution is 2.28. The lowest BCUT2D eigenvalue weighted by Crippen LogP contribution is -2.32. The van der Waals surface area contributed by atoms with Crippen LogP contribution in [-0.4, -0.2) is 17.8 Å². The summed E-state index contributed by atoms with van der Waals surface area (Å²) >= 11 is 3.42. The Morgan fingerprint density at radius 3 is 2.12 bits per heavy atom. The van der Waals surface area contributed by atoms with E-state index in [1.165, 1.54) is 0 Å². The quantitative estimate of drug-likeness (QED) is 0.847. The number of aliphatic hydroxyl groups is 1. The molecule has 0 aliphatic carbocycles. The van der Waals surface area contributed by atoms with Gasteiger partial charge in [-0.3, -0.25) is 0 Å². The van der Waals surface area contributed by atoms with Crippen molar-refractivity contribution in [2.24, 2.45) is 11.7 Å². The van der Waals surface area contributed by atoms with Crippen LogP contribution in [0.3, 0.4) is 0 Å². The van der Waals surface area contributed by atoms with Crippen molar-refractivity contribution in [2.75, 3.05) is 6.54 Å². The topological polar surface area (TPSA) is 46.2 Å². The first kappa shape index (κ1) is 14.7. The molecule has 0 spiro atoms. The van der Waals surface area contributed by atoms with Gasteiger partial charge in [-0.05, 0) is 23.6 Å². The van der Waals surface area contributed by atoms with Crippen molar-refractivity contribution < 1.29 is 5.11 Å². The average molecular weight is 300 g/mol. The van der Waals surface area contributed by atoms with Crippen molar-refractivity contribution in [3.05, 3.63) is 34.3 Å². The summed E-state index contributed by atoms with van der Waals surface area (Å²) in [5.74, 6) is 0.361. The third kappa shape index (κ3) is 3.80. The van der Waals surface area contributed by atoms with E-state index in [0.717, 1.165) is 22.9 Å². The number of nitrogens with two attached hydrogens (primary N) is 1. The standard InChI is InChI=1S/C14H22BrNO/c1-3-10(4-2)14(17)13(9-16)11-5-7-12(15)8-6-11/h5-8,10,13-14,17H,3-4,9,16H2,1-2H3.